The predicted octanol–water partition coefficient (Wildman–Crippen LogP) is 1.70. The fourth-order valence-corrected chi connectivity index (χ4v) is 3.28. The first-order valence-corrected chi connectivity index (χ1v) is 8.67. The Balaban J connectivity index is 1.57. The molecule has 0 radical (unpaired) electrons. The predicted molar refractivity (Wildman–Crippen MR) is 92.4 cm³/mol. The third-order valence-corrected chi connectivity index (χ3v) is 4.73. The van der Waals surface area contributed by atoms with Crippen LogP contribution in [-0.2, 0) is 11.2 Å². The Morgan fingerprint density at radius 2 is 2.08 bits per heavy atom. The summed E-state index contributed by atoms with van der Waals surface area (Å²) in [6.07, 6.45) is 2.73. The average Bonchev–Trinajstić information content (AvgIpc) is 3.03. The van der Waals surface area contributed by atoms with E-state index >= 15 is 0 Å². The summed E-state index contributed by atoms with van der Waals surface area (Å²) in [5, 5.41) is 6.05. The van der Waals surface area contributed by atoms with Crippen LogP contribution in [0, 0.1) is 0 Å². The van der Waals surface area contributed by atoms with E-state index in [1.807, 2.05) is 20.2 Å². The molecule has 1 fully saturated rings. The van der Waals surface area contributed by atoms with Crippen LogP contribution in [0.5, 0.6) is 5.75 Å². The normalized spacial score (nSPS) is 18.8. The van der Waals surface area contributed by atoms with Crippen LogP contribution in [0.25, 0.3) is 0 Å². The molecule has 0 aromatic heterocycles. The van der Waals surface area contributed by atoms with Crippen molar-refractivity contribution in [3.05, 3.63) is 29.3 Å². The lowest BCUT2D eigenvalue weighted by atomic mass is 10.0. The van der Waals surface area contributed by atoms with Crippen molar-refractivity contribution in [3.63, 3.8) is 0 Å². The monoisotopic (exact) mass is 333 g/mol. The Morgan fingerprint density at radius 3 is 2.83 bits per heavy atom. The lowest BCUT2D eigenvalue weighted by molar-refractivity contribution is 0.0800. The summed E-state index contributed by atoms with van der Waals surface area (Å²) in [6, 6.07) is 6.58. The second kappa shape index (κ2) is 7.85. The minimum Gasteiger partial charge on any atom is -0.493 e. The first kappa shape index (κ1) is 17.0. The maximum Gasteiger partial charge on any atom is 0.315 e. The SMILES string of the molecule is CN(C)[C@H](CNC(=O)NC1CCOCC1)c1ccc2c(c1)CCO2. The fourth-order valence-electron chi connectivity index (χ4n) is 3.28. The summed E-state index contributed by atoms with van der Waals surface area (Å²) in [5.41, 5.74) is 2.46. The maximum atomic E-state index is 12.2. The van der Waals surface area contributed by atoms with Crippen molar-refractivity contribution < 1.29 is 14.3 Å². The van der Waals surface area contributed by atoms with Crippen LogP contribution in [0.15, 0.2) is 18.2 Å². The van der Waals surface area contributed by atoms with Gasteiger partial charge in [-0.25, -0.2) is 4.79 Å². The molecule has 1 saturated heterocycles. The number of nitrogens with one attached hydrogen (secondary N) is 2. The van der Waals surface area contributed by atoms with Gasteiger partial charge in [0, 0.05) is 32.2 Å². The standard InChI is InChI=1S/C18H27N3O3/c1-21(2)16(13-3-4-17-14(11-13)5-10-24-17)12-19-18(22)20-15-6-8-23-9-7-15/h3-4,11,15-16H,5-10,12H2,1-2H3,(H2,19,20,22)/t16-/m1/s1. The summed E-state index contributed by atoms with van der Waals surface area (Å²) in [5.74, 6) is 0.987. The van der Waals surface area contributed by atoms with Gasteiger partial charge in [0.05, 0.1) is 12.6 Å². The van der Waals surface area contributed by atoms with Gasteiger partial charge in [0.15, 0.2) is 0 Å². The summed E-state index contributed by atoms with van der Waals surface area (Å²) >= 11 is 0. The van der Waals surface area contributed by atoms with Gasteiger partial charge in [-0.05, 0) is 44.1 Å². The molecule has 1 aromatic carbocycles. The molecule has 2 N–H and O–H groups in total. The van der Waals surface area contributed by atoms with Crippen LogP contribution in [0.2, 0.25) is 0 Å². The number of nitrogens with zero attached hydrogens (tertiary/aromatic N) is 1. The number of fused-ring (bicyclic) bond motifs is 1. The molecule has 3 rings (SSSR count). The molecule has 6 heteroatoms. The van der Waals surface area contributed by atoms with Gasteiger partial charge in [-0.1, -0.05) is 12.1 Å². The summed E-state index contributed by atoms with van der Waals surface area (Å²) < 4.78 is 10.9. The van der Waals surface area contributed by atoms with Crippen LogP contribution in [0.4, 0.5) is 4.79 Å². The van der Waals surface area contributed by atoms with E-state index in [0.29, 0.717) is 6.54 Å². The zero-order valence-corrected chi connectivity index (χ0v) is 14.5. The Kier molecular flexibility index (Phi) is 5.58. The van der Waals surface area contributed by atoms with Gasteiger partial charge in [-0.2, -0.15) is 0 Å². The second-order valence-electron chi connectivity index (χ2n) is 6.69. The number of carbonyl (C=O) groups is 1. The smallest absolute Gasteiger partial charge is 0.315 e. The minimum absolute atomic E-state index is 0.0988. The largest absolute Gasteiger partial charge is 0.493 e. The van der Waals surface area contributed by atoms with Gasteiger partial charge < -0.3 is 25.0 Å². The number of hydrogen-bond acceptors (Lipinski definition) is 4. The molecule has 0 bridgehead atoms. The van der Waals surface area contributed by atoms with E-state index in [1.165, 1.54) is 11.1 Å². The highest BCUT2D eigenvalue weighted by molar-refractivity contribution is 5.74. The van der Waals surface area contributed by atoms with Crippen molar-refractivity contribution in [1.82, 2.24) is 15.5 Å². The zero-order chi connectivity index (χ0) is 16.9. The van der Waals surface area contributed by atoms with E-state index in [-0.39, 0.29) is 18.1 Å². The number of hydrogen-bond donors (Lipinski definition) is 2. The van der Waals surface area contributed by atoms with Crippen molar-refractivity contribution in [2.75, 3.05) is 40.5 Å². The highest BCUT2D eigenvalue weighted by Crippen LogP contribution is 2.29. The first-order chi connectivity index (χ1) is 11.6. The topological polar surface area (TPSA) is 62.8 Å². The number of urea groups is 1. The molecule has 0 aliphatic carbocycles. The van der Waals surface area contributed by atoms with Crippen molar-refractivity contribution in [1.29, 1.82) is 0 Å². The summed E-state index contributed by atoms with van der Waals surface area (Å²) in [6.45, 7) is 2.78. The van der Waals surface area contributed by atoms with Gasteiger partial charge in [-0.15, -0.1) is 0 Å². The van der Waals surface area contributed by atoms with Gasteiger partial charge in [0.1, 0.15) is 5.75 Å². The number of amides is 2. The summed E-state index contributed by atoms with van der Waals surface area (Å²) in [7, 11) is 4.07. The molecule has 24 heavy (non-hydrogen) atoms. The van der Waals surface area contributed by atoms with Gasteiger partial charge in [0.2, 0.25) is 0 Å². The number of ether oxygens (including phenoxy) is 2. The van der Waals surface area contributed by atoms with E-state index in [4.69, 9.17) is 9.47 Å². The van der Waals surface area contributed by atoms with Crippen molar-refractivity contribution in [2.24, 2.45) is 0 Å². The second-order valence-corrected chi connectivity index (χ2v) is 6.69. The molecule has 1 atom stereocenters. The van der Waals surface area contributed by atoms with E-state index < -0.39 is 0 Å². The first-order valence-electron chi connectivity index (χ1n) is 8.67. The molecule has 0 unspecified atom stereocenters. The number of carbonyl (C=O) groups excluding carboxylic acids is 1. The van der Waals surface area contributed by atoms with E-state index in [2.05, 4.69) is 27.7 Å². The number of benzene rings is 1. The Morgan fingerprint density at radius 1 is 1.29 bits per heavy atom. The molecule has 6 nitrogen and oxygen atoms in total. The van der Waals surface area contributed by atoms with E-state index in [1.54, 1.807) is 0 Å². The van der Waals surface area contributed by atoms with Crippen LogP contribution in [-0.4, -0.2) is 57.4 Å². The van der Waals surface area contributed by atoms with Crippen LogP contribution < -0.4 is 15.4 Å². The quantitative estimate of drug-likeness (QED) is 0.861. The average molecular weight is 333 g/mol. The highest BCUT2D eigenvalue weighted by Gasteiger charge is 2.20. The van der Waals surface area contributed by atoms with Crippen LogP contribution >= 0.6 is 0 Å². The van der Waals surface area contributed by atoms with Gasteiger partial charge in [0.25, 0.3) is 0 Å². The third-order valence-electron chi connectivity index (χ3n) is 4.73. The van der Waals surface area contributed by atoms with Crippen molar-refractivity contribution >= 4 is 6.03 Å². The van der Waals surface area contributed by atoms with E-state index in [9.17, 15) is 4.79 Å². The molecule has 0 saturated carbocycles. The Bertz CT molecular complexity index is 571. The minimum atomic E-state index is -0.0988. The molecule has 2 heterocycles. The van der Waals surface area contributed by atoms with Gasteiger partial charge >= 0.3 is 6.03 Å². The molecule has 1 aromatic rings. The highest BCUT2D eigenvalue weighted by atomic mass is 16.5. The van der Waals surface area contributed by atoms with Crippen LogP contribution in [0.1, 0.15) is 30.0 Å². The zero-order valence-electron chi connectivity index (χ0n) is 14.5. The molecule has 2 aliphatic rings. The number of rotatable bonds is 5. The third kappa shape index (κ3) is 4.19. The lowest BCUT2D eigenvalue weighted by Gasteiger charge is -2.27. The van der Waals surface area contributed by atoms with Crippen LogP contribution in [0.3, 0.4) is 0 Å². The molecule has 132 valence electrons. The Hall–Kier alpha value is -1.79. The fraction of sp³-hybridized carbons (Fsp3) is 0.611. The lowest BCUT2D eigenvalue weighted by Crippen LogP contribution is -2.46. The van der Waals surface area contributed by atoms with Crippen molar-refractivity contribution in [3.8, 4) is 5.75 Å². The molecular formula is C18H27N3O3. The molecular weight excluding hydrogens is 306 g/mol. The number of likely N-dealkylation sites (N-methyl/N-ethyl adjacent to an activating group) is 1. The van der Waals surface area contributed by atoms with Gasteiger partial charge in [-0.3, -0.25) is 0 Å². The summed E-state index contributed by atoms with van der Waals surface area (Å²) in [4.78, 5) is 14.3. The molecule has 2 amide bonds. The Labute approximate surface area is 143 Å². The molecule has 0 spiro atoms. The molecule has 2 aliphatic heterocycles. The maximum absolute atomic E-state index is 12.2. The van der Waals surface area contributed by atoms with Crippen molar-refractivity contribution in [2.45, 2.75) is 31.3 Å². The van der Waals surface area contributed by atoms with E-state index in [0.717, 1.165) is 44.8 Å².